The lowest BCUT2D eigenvalue weighted by molar-refractivity contribution is 0.0759. The van der Waals surface area contributed by atoms with Crippen molar-refractivity contribution in [2.45, 2.75) is 18.0 Å². The van der Waals surface area contributed by atoms with Crippen molar-refractivity contribution in [2.75, 3.05) is 18.4 Å². The Morgan fingerprint density at radius 2 is 1.69 bits per heavy atom. The number of hydrogen-bond acceptors (Lipinski definition) is 3. The lowest BCUT2D eigenvalue weighted by Crippen LogP contribution is -2.72. The second-order valence-electron chi connectivity index (χ2n) is 7.61. The number of carbonyl (C=O) groups excluding carboxylic acids is 1. The van der Waals surface area contributed by atoms with E-state index in [2.05, 4.69) is 39.9 Å². The number of amides is 2. The fraction of sp³-hybridized carbons (Fsp3) is 0.217. The van der Waals surface area contributed by atoms with Crippen molar-refractivity contribution >= 4 is 11.7 Å². The van der Waals surface area contributed by atoms with Gasteiger partial charge in [-0.1, -0.05) is 30.3 Å². The Hall–Kier alpha value is -3.25. The Kier molecular flexibility index (Phi) is 4.48. The molecular formula is C23H21FN4O. The van der Waals surface area contributed by atoms with E-state index in [1.807, 2.05) is 12.1 Å². The second kappa shape index (κ2) is 7.29. The standard InChI is InChI=1S/C23H21FN4O/c24-18-2-1-3-19(12-18)26-23(29)28-13-20-22(21(14-28)27-20)17-6-4-15(5-7-17)16-8-10-25-11-9-16/h1-12,20-22,27H,13-14H2,(H,26,29)/t20-,21+,22?. The molecule has 3 aliphatic heterocycles. The number of carbonyl (C=O) groups is 1. The minimum atomic E-state index is -0.360. The van der Waals surface area contributed by atoms with Crippen LogP contribution in [0.1, 0.15) is 11.5 Å². The van der Waals surface area contributed by atoms with Gasteiger partial charge in [0.05, 0.1) is 0 Å². The normalized spacial score (nSPS) is 22.7. The summed E-state index contributed by atoms with van der Waals surface area (Å²) in [4.78, 5) is 18.4. The van der Waals surface area contributed by atoms with Crippen LogP contribution in [0.5, 0.6) is 0 Å². The molecule has 2 aromatic carbocycles. The summed E-state index contributed by atoms with van der Waals surface area (Å²) in [6, 6.07) is 18.9. The first kappa shape index (κ1) is 17.8. The maximum atomic E-state index is 13.3. The zero-order chi connectivity index (χ0) is 19.8. The molecule has 6 heteroatoms. The molecule has 6 rings (SSSR count). The van der Waals surface area contributed by atoms with E-state index >= 15 is 0 Å². The number of nitrogens with one attached hydrogen (secondary N) is 2. The molecule has 0 aliphatic carbocycles. The molecule has 3 aromatic rings. The highest BCUT2D eigenvalue weighted by molar-refractivity contribution is 5.89. The second-order valence-corrected chi connectivity index (χ2v) is 7.61. The number of hydrogen-bond donors (Lipinski definition) is 2. The Balaban J connectivity index is 1.24. The number of halogens is 1. The van der Waals surface area contributed by atoms with E-state index in [-0.39, 0.29) is 23.9 Å². The summed E-state index contributed by atoms with van der Waals surface area (Å²) in [5.74, 6) is 0.0425. The highest BCUT2D eigenvalue weighted by Crippen LogP contribution is 2.37. The zero-order valence-corrected chi connectivity index (χ0v) is 15.8. The largest absolute Gasteiger partial charge is 0.321 e. The topological polar surface area (TPSA) is 57.3 Å². The van der Waals surface area contributed by atoms with Gasteiger partial charge in [-0.3, -0.25) is 4.98 Å². The van der Waals surface area contributed by atoms with Gasteiger partial charge in [0.1, 0.15) is 5.82 Å². The minimum absolute atomic E-state index is 0.182. The average molecular weight is 388 g/mol. The van der Waals surface area contributed by atoms with Gasteiger partial charge in [-0.05, 0) is 47.0 Å². The Morgan fingerprint density at radius 1 is 1.00 bits per heavy atom. The van der Waals surface area contributed by atoms with Crippen LogP contribution in [0.15, 0.2) is 73.1 Å². The highest BCUT2D eigenvalue weighted by atomic mass is 19.1. The molecule has 0 saturated carbocycles. The summed E-state index contributed by atoms with van der Waals surface area (Å²) in [7, 11) is 0. The van der Waals surface area contributed by atoms with E-state index in [1.165, 1.54) is 23.3 Å². The molecule has 5 nitrogen and oxygen atoms in total. The molecule has 2 amide bonds. The van der Waals surface area contributed by atoms with Crippen LogP contribution in [0.2, 0.25) is 0 Å². The molecule has 3 fully saturated rings. The molecule has 29 heavy (non-hydrogen) atoms. The lowest BCUT2D eigenvalue weighted by atomic mass is 9.74. The van der Waals surface area contributed by atoms with E-state index in [9.17, 15) is 9.18 Å². The van der Waals surface area contributed by atoms with E-state index < -0.39 is 0 Å². The van der Waals surface area contributed by atoms with Crippen LogP contribution in [-0.4, -0.2) is 41.1 Å². The summed E-state index contributed by atoms with van der Waals surface area (Å²) in [5.41, 5.74) is 4.09. The Labute approximate surface area is 168 Å². The molecule has 4 heterocycles. The number of rotatable bonds is 3. The van der Waals surface area contributed by atoms with Gasteiger partial charge >= 0.3 is 6.03 Å². The molecule has 2 bridgehead atoms. The predicted octanol–water partition coefficient (Wildman–Crippen LogP) is 3.86. The van der Waals surface area contributed by atoms with Crippen LogP contribution in [0.4, 0.5) is 14.9 Å². The maximum absolute atomic E-state index is 13.3. The van der Waals surface area contributed by atoms with Gasteiger partial charge in [0, 0.05) is 49.2 Å². The summed E-state index contributed by atoms with van der Waals surface area (Å²) in [5, 5.41) is 6.33. The van der Waals surface area contributed by atoms with Gasteiger partial charge in [0.25, 0.3) is 0 Å². The Morgan fingerprint density at radius 3 is 2.38 bits per heavy atom. The third-order valence-corrected chi connectivity index (χ3v) is 5.80. The first-order chi connectivity index (χ1) is 14.2. The first-order valence-corrected chi connectivity index (χ1v) is 9.75. The number of fused-ring (bicyclic) bond motifs is 2. The predicted molar refractivity (Wildman–Crippen MR) is 110 cm³/mol. The third kappa shape index (κ3) is 3.47. The average Bonchev–Trinajstić information content (AvgIpc) is 2.75. The number of anilines is 1. The lowest BCUT2D eigenvalue weighted by Gasteiger charge is -2.54. The van der Waals surface area contributed by atoms with E-state index in [1.54, 1.807) is 29.4 Å². The number of urea groups is 1. The fourth-order valence-corrected chi connectivity index (χ4v) is 4.37. The van der Waals surface area contributed by atoms with Crippen LogP contribution >= 0.6 is 0 Å². The number of nitrogens with zero attached hydrogens (tertiary/aromatic N) is 2. The number of piperidine rings is 1. The molecule has 146 valence electrons. The van der Waals surface area contributed by atoms with Crippen LogP contribution in [-0.2, 0) is 0 Å². The maximum Gasteiger partial charge on any atom is 0.321 e. The molecular weight excluding hydrogens is 367 g/mol. The van der Waals surface area contributed by atoms with Crippen molar-refractivity contribution in [3.8, 4) is 11.1 Å². The van der Waals surface area contributed by atoms with Crippen LogP contribution in [0, 0.1) is 5.82 Å². The van der Waals surface area contributed by atoms with Crippen LogP contribution in [0.3, 0.4) is 0 Å². The highest BCUT2D eigenvalue weighted by Gasteiger charge is 2.48. The van der Waals surface area contributed by atoms with Gasteiger partial charge in [-0.2, -0.15) is 0 Å². The molecule has 3 saturated heterocycles. The van der Waals surface area contributed by atoms with Crippen LogP contribution in [0.25, 0.3) is 11.1 Å². The van der Waals surface area contributed by atoms with Crippen molar-refractivity contribution in [3.05, 3.63) is 84.4 Å². The molecule has 0 spiro atoms. The molecule has 3 aliphatic rings. The van der Waals surface area contributed by atoms with Crippen molar-refractivity contribution in [1.82, 2.24) is 15.2 Å². The summed E-state index contributed by atoms with van der Waals surface area (Å²) >= 11 is 0. The van der Waals surface area contributed by atoms with Crippen molar-refractivity contribution < 1.29 is 9.18 Å². The molecule has 1 unspecified atom stereocenters. The van der Waals surface area contributed by atoms with Crippen molar-refractivity contribution in [1.29, 1.82) is 0 Å². The van der Waals surface area contributed by atoms with Gasteiger partial charge in [0.15, 0.2) is 0 Å². The van der Waals surface area contributed by atoms with E-state index in [0.717, 1.165) is 5.56 Å². The summed E-state index contributed by atoms with van der Waals surface area (Å²) in [6.45, 7) is 1.27. The molecule has 3 atom stereocenters. The smallest absolute Gasteiger partial charge is 0.321 e. The van der Waals surface area contributed by atoms with Crippen molar-refractivity contribution in [2.24, 2.45) is 0 Å². The summed E-state index contributed by atoms with van der Waals surface area (Å²) in [6.07, 6.45) is 3.60. The van der Waals surface area contributed by atoms with E-state index in [4.69, 9.17) is 0 Å². The van der Waals surface area contributed by atoms with Gasteiger partial charge < -0.3 is 15.5 Å². The van der Waals surface area contributed by atoms with E-state index in [0.29, 0.717) is 24.7 Å². The quantitative estimate of drug-likeness (QED) is 0.716. The first-order valence-electron chi connectivity index (χ1n) is 9.75. The van der Waals surface area contributed by atoms with Gasteiger partial charge in [-0.25, -0.2) is 9.18 Å². The molecule has 0 radical (unpaired) electrons. The number of piperazine rings is 1. The van der Waals surface area contributed by atoms with Gasteiger partial charge in [-0.15, -0.1) is 0 Å². The molecule has 2 N–H and O–H groups in total. The number of aromatic nitrogens is 1. The SMILES string of the molecule is O=C(Nc1cccc(F)c1)N1C[C@@H]2N[C@H](C1)C2c1ccc(-c2ccncc2)cc1. The van der Waals surface area contributed by atoms with Crippen molar-refractivity contribution in [3.63, 3.8) is 0 Å². The monoisotopic (exact) mass is 388 g/mol. The number of benzene rings is 2. The number of pyridine rings is 1. The minimum Gasteiger partial charge on any atom is -0.321 e. The summed E-state index contributed by atoms with van der Waals surface area (Å²) < 4.78 is 13.3. The van der Waals surface area contributed by atoms with Crippen LogP contribution < -0.4 is 10.6 Å². The fourth-order valence-electron chi connectivity index (χ4n) is 4.37. The third-order valence-electron chi connectivity index (χ3n) is 5.80. The van der Waals surface area contributed by atoms with Gasteiger partial charge in [0.2, 0.25) is 0 Å². The Bertz CT molecular complexity index is 1010. The molecule has 1 aromatic heterocycles. The zero-order valence-electron chi connectivity index (χ0n) is 15.8.